The first-order valence-corrected chi connectivity index (χ1v) is 20.8. The minimum absolute atomic E-state index is 0.00911. The van der Waals surface area contributed by atoms with E-state index in [1.807, 2.05) is 0 Å². The second kappa shape index (κ2) is 33.2. The van der Waals surface area contributed by atoms with Crippen LogP contribution in [0.4, 0.5) is 0 Å². The van der Waals surface area contributed by atoms with Gasteiger partial charge in [0.15, 0.2) is 17.9 Å². The minimum atomic E-state index is -1.26. The maximum Gasteiger partial charge on any atom is 0.243 e. The zero-order valence-electron chi connectivity index (χ0n) is 35.5. The summed E-state index contributed by atoms with van der Waals surface area (Å²) in [6, 6.07) is -6.76. The predicted octanol–water partition coefficient (Wildman–Crippen LogP) is -6.23. The molecule has 0 aromatic rings. The van der Waals surface area contributed by atoms with Crippen LogP contribution in [0.3, 0.4) is 0 Å². The lowest BCUT2D eigenvalue weighted by Gasteiger charge is -2.27. The summed E-state index contributed by atoms with van der Waals surface area (Å²) in [7, 11) is 0. The minimum Gasteiger partial charge on any atom is -0.370 e. The Hall–Kier alpha value is -5.53. The Morgan fingerprint density at radius 2 is 0.623 bits per heavy atom. The highest BCUT2D eigenvalue weighted by Gasteiger charge is 2.32. The van der Waals surface area contributed by atoms with Crippen molar-refractivity contribution in [2.75, 3.05) is 39.3 Å². The molecule has 0 saturated heterocycles. The first kappa shape index (κ1) is 55.5. The Bertz CT molecular complexity index is 1420. The Morgan fingerprint density at radius 1 is 0.361 bits per heavy atom. The molecule has 25 nitrogen and oxygen atoms in total. The van der Waals surface area contributed by atoms with E-state index in [-0.39, 0.29) is 76.0 Å². The average molecular weight is 870 g/mol. The molecule has 6 amide bonds. The van der Waals surface area contributed by atoms with E-state index < -0.39 is 71.7 Å². The Balaban J connectivity index is 6.50. The molecule has 0 aromatic heterocycles. The summed E-state index contributed by atoms with van der Waals surface area (Å²) in [4.78, 5) is 92.5. The van der Waals surface area contributed by atoms with E-state index in [0.717, 1.165) is 0 Å². The monoisotopic (exact) mass is 870 g/mol. The van der Waals surface area contributed by atoms with Crippen LogP contribution in [0.25, 0.3) is 0 Å². The molecule has 25 heteroatoms. The molecule has 6 atom stereocenters. The molecule has 0 fully saturated rings. The van der Waals surface area contributed by atoms with Crippen molar-refractivity contribution >= 4 is 53.3 Å². The SMILES string of the molecule is NCCCC[C@H](NC(=O)[C@H](CCCN=C(N)N)NC(=O)[C@H](CCCCN)NC(=O)[C@H](CCCN=C(N)N)NC(=O)[C@@H](N)CCCCN)C(=O)N[C@@H](CCCN=C(N)N)C(N)=O. The Kier molecular flexibility index (Phi) is 30.2. The fourth-order valence-corrected chi connectivity index (χ4v) is 5.86. The van der Waals surface area contributed by atoms with Gasteiger partial charge in [-0.25, -0.2) is 0 Å². The summed E-state index contributed by atoms with van der Waals surface area (Å²) < 4.78 is 0. The van der Waals surface area contributed by atoms with E-state index in [1.165, 1.54) is 0 Å². The van der Waals surface area contributed by atoms with Crippen molar-refractivity contribution in [1.29, 1.82) is 0 Å². The lowest BCUT2D eigenvalue weighted by atomic mass is 10.0. The standard InChI is InChI=1S/C36H75N19O6/c37-16-4-1-10-22(40)29(57)52-26(14-8-20-49-35(44)45)32(60)54-25(12-3-6-18-39)31(59)55-27(15-9-21-50-36(46)47)33(61)53-24(11-2-5-17-38)30(58)51-23(28(41)56)13-7-19-48-34(42)43/h22-27H,1-21,37-40H2,(H2,41,56)(H,51,58)(H,52,57)(H,53,61)(H,54,60)(H,55,59)(H4,42,43,48)(H4,44,45,49)(H4,46,47,50)/t22-,23-,24-,25-,26-,27-/m0/s1. The molecule has 0 spiro atoms. The number of primary amides is 1. The topological polar surface area (TPSA) is 486 Å². The number of carbonyl (C=O) groups is 6. The lowest BCUT2D eigenvalue weighted by Crippen LogP contribution is -2.59. The van der Waals surface area contributed by atoms with E-state index >= 15 is 0 Å². The third kappa shape index (κ3) is 27.0. The molecule has 0 aliphatic rings. The van der Waals surface area contributed by atoms with E-state index in [1.54, 1.807) is 0 Å². The van der Waals surface area contributed by atoms with Gasteiger partial charge in [0, 0.05) is 19.6 Å². The van der Waals surface area contributed by atoms with Gasteiger partial charge in [-0.15, -0.1) is 0 Å². The van der Waals surface area contributed by atoms with Gasteiger partial charge < -0.3 is 89.7 Å². The largest absolute Gasteiger partial charge is 0.370 e. The van der Waals surface area contributed by atoms with Crippen molar-refractivity contribution in [3.05, 3.63) is 0 Å². The molecule has 350 valence electrons. The van der Waals surface area contributed by atoms with Crippen molar-refractivity contribution in [3.63, 3.8) is 0 Å². The van der Waals surface area contributed by atoms with Gasteiger partial charge in [0.05, 0.1) is 6.04 Å². The van der Waals surface area contributed by atoms with E-state index in [2.05, 4.69) is 41.6 Å². The summed E-state index contributed by atoms with van der Waals surface area (Å²) in [5.74, 6) is -4.68. The van der Waals surface area contributed by atoms with Crippen LogP contribution in [0.2, 0.25) is 0 Å². The van der Waals surface area contributed by atoms with E-state index in [4.69, 9.17) is 63.1 Å². The number of aliphatic imine (C=N–C) groups is 3. The Labute approximate surface area is 358 Å². The molecule has 0 unspecified atom stereocenters. The fourth-order valence-electron chi connectivity index (χ4n) is 5.86. The molecule has 0 aliphatic heterocycles. The second-order valence-electron chi connectivity index (χ2n) is 14.5. The molecule has 0 aliphatic carbocycles. The zero-order valence-corrected chi connectivity index (χ0v) is 35.5. The lowest BCUT2D eigenvalue weighted by molar-refractivity contribution is -0.135. The van der Waals surface area contributed by atoms with Gasteiger partial charge in [-0.2, -0.15) is 0 Å². The van der Waals surface area contributed by atoms with Crippen molar-refractivity contribution in [2.45, 2.75) is 133 Å². The van der Waals surface area contributed by atoms with Crippen LogP contribution in [0.15, 0.2) is 15.0 Å². The van der Waals surface area contributed by atoms with Crippen LogP contribution in [0.1, 0.15) is 96.3 Å². The molecular weight excluding hydrogens is 795 g/mol. The number of amides is 6. The first-order chi connectivity index (χ1) is 29.0. The van der Waals surface area contributed by atoms with Gasteiger partial charge in [0.2, 0.25) is 35.4 Å². The van der Waals surface area contributed by atoms with Crippen LogP contribution in [-0.4, -0.2) is 129 Å². The second-order valence-corrected chi connectivity index (χ2v) is 14.5. The number of nitrogens with two attached hydrogens (primary N) is 11. The van der Waals surface area contributed by atoms with Crippen molar-refractivity contribution in [2.24, 2.45) is 78.0 Å². The molecule has 0 heterocycles. The van der Waals surface area contributed by atoms with Crippen molar-refractivity contribution < 1.29 is 28.8 Å². The highest BCUT2D eigenvalue weighted by atomic mass is 16.2. The summed E-state index contributed by atoms with van der Waals surface area (Å²) >= 11 is 0. The third-order valence-corrected chi connectivity index (χ3v) is 9.23. The summed E-state index contributed by atoms with van der Waals surface area (Å²) in [5.41, 5.74) is 61.2. The summed E-state index contributed by atoms with van der Waals surface area (Å²) in [5, 5.41) is 13.4. The van der Waals surface area contributed by atoms with E-state index in [0.29, 0.717) is 77.4 Å². The summed E-state index contributed by atoms with van der Waals surface area (Å²) in [6.07, 6.45) is 4.78. The van der Waals surface area contributed by atoms with Crippen LogP contribution < -0.4 is 89.7 Å². The number of hydrogen-bond acceptors (Lipinski definition) is 13. The smallest absolute Gasteiger partial charge is 0.243 e. The number of guanidine groups is 3. The van der Waals surface area contributed by atoms with Gasteiger partial charge in [0.25, 0.3) is 0 Å². The number of nitrogens with one attached hydrogen (secondary N) is 5. The van der Waals surface area contributed by atoms with Crippen molar-refractivity contribution in [1.82, 2.24) is 26.6 Å². The quantitative estimate of drug-likeness (QED) is 0.0160. The normalized spacial score (nSPS) is 13.8. The molecule has 0 aromatic carbocycles. The maximum absolute atomic E-state index is 14.0. The number of carbonyl (C=O) groups excluding carboxylic acids is 6. The highest BCUT2D eigenvalue weighted by molar-refractivity contribution is 5.96. The first-order valence-electron chi connectivity index (χ1n) is 20.8. The predicted molar refractivity (Wildman–Crippen MR) is 235 cm³/mol. The number of rotatable bonds is 35. The average Bonchev–Trinajstić information content (AvgIpc) is 3.19. The van der Waals surface area contributed by atoms with Gasteiger partial charge in [-0.3, -0.25) is 43.7 Å². The van der Waals surface area contributed by atoms with Crippen LogP contribution in [0, 0.1) is 0 Å². The molecule has 0 radical (unpaired) electrons. The number of hydrogen-bond donors (Lipinski definition) is 16. The maximum atomic E-state index is 14.0. The third-order valence-electron chi connectivity index (χ3n) is 9.23. The fraction of sp³-hybridized carbons (Fsp3) is 0.750. The van der Waals surface area contributed by atoms with Crippen LogP contribution >= 0.6 is 0 Å². The number of nitrogens with zero attached hydrogens (tertiary/aromatic N) is 3. The molecule has 0 bridgehead atoms. The van der Waals surface area contributed by atoms with Crippen molar-refractivity contribution in [3.8, 4) is 0 Å². The van der Waals surface area contributed by atoms with Crippen LogP contribution in [0.5, 0.6) is 0 Å². The summed E-state index contributed by atoms with van der Waals surface area (Å²) in [6.45, 7) is 1.52. The van der Waals surface area contributed by atoms with Gasteiger partial charge in [-0.1, -0.05) is 6.42 Å². The van der Waals surface area contributed by atoms with Gasteiger partial charge in [0.1, 0.15) is 30.2 Å². The molecular formula is C36H75N19O6. The zero-order chi connectivity index (χ0) is 46.2. The van der Waals surface area contributed by atoms with E-state index in [9.17, 15) is 28.8 Å². The molecule has 0 saturated carbocycles. The Morgan fingerprint density at radius 3 is 0.918 bits per heavy atom. The molecule has 61 heavy (non-hydrogen) atoms. The van der Waals surface area contributed by atoms with Gasteiger partial charge in [-0.05, 0) is 110 Å². The van der Waals surface area contributed by atoms with Crippen LogP contribution in [-0.2, 0) is 28.8 Å². The molecule has 0 rings (SSSR count). The molecule has 27 N–H and O–H groups in total. The number of unbranched alkanes of at least 4 members (excludes halogenated alkanes) is 3. The highest BCUT2D eigenvalue weighted by Crippen LogP contribution is 2.10. The van der Waals surface area contributed by atoms with Gasteiger partial charge >= 0.3 is 0 Å².